The van der Waals surface area contributed by atoms with Crippen molar-refractivity contribution in [1.82, 2.24) is 4.90 Å². The average Bonchev–Trinajstić information content (AvgIpc) is 2.61. The van der Waals surface area contributed by atoms with Gasteiger partial charge in [-0.05, 0) is 48.9 Å². The summed E-state index contributed by atoms with van der Waals surface area (Å²) >= 11 is 0. The summed E-state index contributed by atoms with van der Waals surface area (Å²) in [5, 5.41) is 8.94. The number of carbonyl (C=O) groups is 1. The summed E-state index contributed by atoms with van der Waals surface area (Å²) in [6.45, 7) is 2.14. The fourth-order valence-electron chi connectivity index (χ4n) is 2.31. The number of amides is 1. The van der Waals surface area contributed by atoms with Crippen molar-refractivity contribution in [2.24, 2.45) is 0 Å². The molecule has 2 aromatic rings. The minimum Gasteiger partial charge on any atom is -0.497 e. The number of nitrogens with zero attached hydrogens (tertiary/aromatic N) is 2. The molecule has 5 heteroatoms. The van der Waals surface area contributed by atoms with E-state index in [4.69, 9.17) is 14.7 Å². The molecule has 0 radical (unpaired) electrons. The van der Waals surface area contributed by atoms with Crippen molar-refractivity contribution in [1.29, 1.82) is 5.26 Å². The van der Waals surface area contributed by atoms with Crippen LogP contribution in [0.1, 0.15) is 18.1 Å². The Morgan fingerprint density at radius 3 is 2.50 bits per heavy atom. The van der Waals surface area contributed by atoms with Gasteiger partial charge in [-0.15, -0.1) is 0 Å². The van der Waals surface area contributed by atoms with E-state index in [-0.39, 0.29) is 5.91 Å². The Hall–Kier alpha value is -3.00. The van der Waals surface area contributed by atoms with Gasteiger partial charge in [0.05, 0.1) is 18.7 Å². The molecule has 2 rings (SSSR count). The van der Waals surface area contributed by atoms with Gasteiger partial charge in [-0.3, -0.25) is 4.79 Å². The number of benzene rings is 2. The molecular formula is C19H20N2O3. The van der Waals surface area contributed by atoms with Crippen molar-refractivity contribution in [2.45, 2.75) is 19.6 Å². The van der Waals surface area contributed by atoms with Crippen molar-refractivity contribution in [3.63, 3.8) is 0 Å². The lowest BCUT2D eigenvalue weighted by Crippen LogP contribution is -2.37. The maximum absolute atomic E-state index is 12.4. The SMILES string of the molecule is COc1ccc(O[C@H](C)C(=O)N(C)Cc2cccc(C#N)c2)cc1. The number of ether oxygens (including phenoxy) is 2. The second-order valence-corrected chi connectivity index (χ2v) is 5.44. The lowest BCUT2D eigenvalue weighted by molar-refractivity contribution is -0.137. The van der Waals surface area contributed by atoms with Crippen molar-refractivity contribution in [3.05, 3.63) is 59.7 Å². The van der Waals surface area contributed by atoms with Crippen LogP contribution in [0.4, 0.5) is 0 Å². The molecule has 0 fully saturated rings. The summed E-state index contributed by atoms with van der Waals surface area (Å²) in [5.74, 6) is 1.21. The predicted molar refractivity (Wildman–Crippen MR) is 90.7 cm³/mol. The van der Waals surface area contributed by atoms with Crippen LogP contribution in [0.25, 0.3) is 0 Å². The quantitative estimate of drug-likeness (QED) is 0.819. The normalized spacial score (nSPS) is 11.2. The Bertz CT molecular complexity index is 735. The van der Waals surface area contributed by atoms with Gasteiger partial charge in [-0.1, -0.05) is 12.1 Å². The summed E-state index contributed by atoms with van der Waals surface area (Å²) in [5.41, 5.74) is 1.48. The van der Waals surface area contributed by atoms with Gasteiger partial charge in [0.25, 0.3) is 5.91 Å². The van der Waals surface area contributed by atoms with Gasteiger partial charge in [-0.25, -0.2) is 0 Å². The van der Waals surface area contributed by atoms with Crippen LogP contribution >= 0.6 is 0 Å². The number of likely N-dealkylation sites (N-methyl/N-ethyl adjacent to an activating group) is 1. The van der Waals surface area contributed by atoms with Gasteiger partial charge < -0.3 is 14.4 Å². The van der Waals surface area contributed by atoms with Crippen LogP contribution in [0.2, 0.25) is 0 Å². The highest BCUT2D eigenvalue weighted by Gasteiger charge is 2.19. The number of hydrogen-bond donors (Lipinski definition) is 0. The van der Waals surface area contributed by atoms with E-state index in [9.17, 15) is 4.79 Å². The molecule has 1 atom stereocenters. The van der Waals surface area contributed by atoms with Crippen LogP contribution in [0.15, 0.2) is 48.5 Å². The smallest absolute Gasteiger partial charge is 0.263 e. The van der Waals surface area contributed by atoms with E-state index in [1.807, 2.05) is 12.1 Å². The molecule has 0 spiro atoms. The van der Waals surface area contributed by atoms with Crippen LogP contribution < -0.4 is 9.47 Å². The van der Waals surface area contributed by atoms with Gasteiger partial charge in [0.1, 0.15) is 11.5 Å². The molecule has 2 aromatic carbocycles. The zero-order valence-corrected chi connectivity index (χ0v) is 14.0. The van der Waals surface area contributed by atoms with E-state index in [1.165, 1.54) is 0 Å². The molecule has 5 nitrogen and oxygen atoms in total. The summed E-state index contributed by atoms with van der Waals surface area (Å²) in [6.07, 6.45) is -0.609. The molecule has 0 aliphatic heterocycles. The molecule has 0 aliphatic rings. The Morgan fingerprint density at radius 2 is 1.88 bits per heavy atom. The molecular weight excluding hydrogens is 304 g/mol. The van der Waals surface area contributed by atoms with Crippen LogP contribution in [-0.4, -0.2) is 31.1 Å². The molecule has 0 N–H and O–H groups in total. The first-order valence-electron chi connectivity index (χ1n) is 7.58. The highest BCUT2D eigenvalue weighted by molar-refractivity contribution is 5.80. The van der Waals surface area contributed by atoms with Crippen LogP contribution in [0.5, 0.6) is 11.5 Å². The van der Waals surface area contributed by atoms with Gasteiger partial charge >= 0.3 is 0 Å². The minimum absolute atomic E-state index is 0.131. The third kappa shape index (κ3) is 4.50. The van der Waals surface area contributed by atoms with Gasteiger partial charge in [0, 0.05) is 13.6 Å². The number of carbonyl (C=O) groups excluding carboxylic acids is 1. The van der Waals surface area contributed by atoms with E-state index in [0.29, 0.717) is 17.9 Å². The molecule has 124 valence electrons. The van der Waals surface area contributed by atoms with Crippen LogP contribution in [0.3, 0.4) is 0 Å². The molecule has 24 heavy (non-hydrogen) atoms. The standard InChI is InChI=1S/C19H20N2O3/c1-14(24-18-9-7-17(23-3)8-10-18)19(22)21(2)13-16-6-4-5-15(11-16)12-20/h4-11,14H,13H2,1-3H3/t14-/m1/s1. The lowest BCUT2D eigenvalue weighted by Gasteiger charge is -2.22. The molecule has 1 amide bonds. The number of hydrogen-bond acceptors (Lipinski definition) is 4. The first-order chi connectivity index (χ1) is 11.5. The highest BCUT2D eigenvalue weighted by Crippen LogP contribution is 2.19. The van der Waals surface area contributed by atoms with E-state index < -0.39 is 6.10 Å². The number of rotatable bonds is 6. The van der Waals surface area contributed by atoms with E-state index >= 15 is 0 Å². The zero-order chi connectivity index (χ0) is 17.5. The Balaban J connectivity index is 1.97. The first-order valence-corrected chi connectivity index (χ1v) is 7.58. The minimum atomic E-state index is -0.609. The van der Waals surface area contributed by atoms with Crippen LogP contribution in [-0.2, 0) is 11.3 Å². The monoisotopic (exact) mass is 324 g/mol. The Morgan fingerprint density at radius 1 is 1.21 bits per heavy atom. The second kappa shape index (κ2) is 8.02. The first kappa shape index (κ1) is 17.4. The summed E-state index contributed by atoms with van der Waals surface area (Å²) < 4.78 is 10.8. The second-order valence-electron chi connectivity index (χ2n) is 5.44. The maximum Gasteiger partial charge on any atom is 0.263 e. The van der Waals surface area contributed by atoms with Crippen LogP contribution in [0, 0.1) is 11.3 Å². The summed E-state index contributed by atoms with van der Waals surface area (Å²) in [4.78, 5) is 14.0. The van der Waals surface area contributed by atoms with E-state index in [1.54, 1.807) is 62.4 Å². The molecule has 0 saturated heterocycles. The fraction of sp³-hybridized carbons (Fsp3) is 0.263. The average molecular weight is 324 g/mol. The third-order valence-electron chi connectivity index (χ3n) is 3.57. The van der Waals surface area contributed by atoms with Crippen molar-refractivity contribution in [2.75, 3.05) is 14.2 Å². The zero-order valence-electron chi connectivity index (χ0n) is 14.0. The lowest BCUT2D eigenvalue weighted by atomic mass is 10.1. The van der Waals surface area contributed by atoms with E-state index in [2.05, 4.69) is 6.07 Å². The van der Waals surface area contributed by atoms with Gasteiger partial charge in [0.15, 0.2) is 6.10 Å². The summed E-state index contributed by atoms with van der Waals surface area (Å²) in [6, 6.07) is 16.4. The topological polar surface area (TPSA) is 62.6 Å². The van der Waals surface area contributed by atoms with Gasteiger partial charge in [-0.2, -0.15) is 5.26 Å². The predicted octanol–water partition coefficient (Wildman–Crippen LogP) is 2.99. The largest absolute Gasteiger partial charge is 0.497 e. The Labute approximate surface area is 142 Å². The molecule has 0 unspecified atom stereocenters. The van der Waals surface area contributed by atoms with E-state index in [0.717, 1.165) is 11.3 Å². The molecule has 0 heterocycles. The highest BCUT2D eigenvalue weighted by atomic mass is 16.5. The fourth-order valence-corrected chi connectivity index (χ4v) is 2.31. The van der Waals surface area contributed by atoms with Crippen molar-refractivity contribution >= 4 is 5.91 Å². The van der Waals surface area contributed by atoms with Crippen molar-refractivity contribution < 1.29 is 14.3 Å². The Kier molecular flexibility index (Phi) is 5.80. The maximum atomic E-state index is 12.4. The molecule has 0 aliphatic carbocycles. The summed E-state index contributed by atoms with van der Waals surface area (Å²) in [7, 11) is 3.31. The van der Waals surface area contributed by atoms with Gasteiger partial charge in [0.2, 0.25) is 0 Å². The number of nitriles is 1. The van der Waals surface area contributed by atoms with Crippen molar-refractivity contribution in [3.8, 4) is 17.6 Å². The number of methoxy groups -OCH3 is 1. The third-order valence-corrected chi connectivity index (χ3v) is 3.57. The molecule has 0 bridgehead atoms. The molecule has 0 aromatic heterocycles. The molecule has 0 saturated carbocycles.